The summed E-state index contributed by atoms with van der Waals surface area (Å²) in [6.45, 7) is 2.14. The molecule has 1 heterocycles. The summed E-state index contributed by atoms with van der Waals surface area (Å²) < 4.78 is 6.21. The molecule has 0 amide bonds. The third-order valence-corrected chi connectivity index (χ3v) is 1.69. The van der Waals surface area contributed by atoms with E-state index in [1.54, 1.807) is 6.92 Å². The van der Waals surface area contributed by atoms with Gasteiger partial charge in [-0.2, -0.15) is 0 Å². The first-order valence-electron chi connectivity index (χ1n) is 4.29. The lowest BCUT2D eigenvalue weighted by atomic mass is 10.4. The summed E-state index contributed by atoms with van der Waals surface area (Å²) in [5.74, 6) is -0.285. The number of nitrogens with zero attached hydrogens (tertiary/aromatic N) is 2. The van der Waals surface area contributed by atoms with Gasteiger partial charge in [-0.25, -0.2) is 9.78 Å². The lowest BCUT2D eigenvalue weighted by molar-refractivity contribution is 0.0513. The standard InChI is InChI=1S/C8H13N3O3/c1-2-14-7(13)6-5-10-8(9)11(6)3-4-12/h5,12H,2-4H2,1H3,(H2,9,10). The van der Waals surface area contributed by atoms with E-state index in [-0.39, 0.29) is 24.8 Å². The second-order valence-corrected chi connectivity index (χ2v) is 2.60. The number of aliphatic hydroxyl groups excluding tert-OH is 1. The van der Waals surface area contributed by atoms with Crippen LogP contribution in [0.5, 0.6) is 0 Å². The van der Waals surface area contributed by atoms with Crippen LogP contribution in [0.4, 0.5) is 5.95 Å². The molecular weight excluding hydrogens is 186 g/mol. The van der Waals surface area contributed by atoms with Crippen LogP contribution < -0.4 is 5.73 Å². The molecule has 0 fully saturated rings. The molecule has 6 nitrogen and oxygen atoms in total. The first-order chi connectivity index (χ1) is 6.70. The number of carbonyl (C=O) groups is 1. The number of carbonyl (C=O) groups excluding carboxylic acids is 1. The van der Waals surface area contributed by atoms with Crippen molar-refractivity contribution in [3.63, 3.8) is 0 Å². The maximum Gasteiger partial charge on any atom is 0.356 e. The number of anilines is 1. The Bertz CT molecular complexity index is 322. The van der Waals surface area contributed by atoms with E-state index in [0.717, 1.165) is 0 Å². The van der Waals surface area contributed by atoms with E-state index in [9.17, 15) is 4.79 Å². The van der Waals surface area contributed by atoms with Gasteiger partial charge < -0.3 is 20.1 Å². The summed E-state index contributed by atoms with van der Waals surface area (Å²) in [5, 5.41) is 8.74. The fourth-order valence-corrected chi connectivity index (χ4v) is 1.09. The normalized spacial score (nSPS) is 10.1. The van der Waals surface area contributed by atoms with Gasteiger partial charge in [-0.05, 0) is 6.92 Å². The Morgan fingerprint density at radius 2 is 2.50 bits per heavy atom. The first kappa shape index (κ1) is 10.5. The van der Waals surface area contributed by atoms with E-state index in [1.807, 2.05) is 0 Å². The molecule has 1 aromatic rings. The summed E-state index contributed by atoms with van der Waals surface area (Å²) in [7, 11) is 0. The molecule has 6 heteroatoms. The Morgan fingerprint density at radius 3 is 3.07 bits per heavy atom. The van der Waals surface area contributed by atoms with Crippen molar-refractivity contribution in [3.8, 4) is 0 Å². The average Bonchev–Trinajstić information content (AvgIpc) is 2.50. The van der Waals surface area contributed by atoms with Gasteiger partial charge in [-0.15, -0.1) is 0 Å². The number of nitrogens with two attached hydrogens (primary N) is 1. The Morgan fingerprint density at radius 1 is 1.79 bits per heavy atom. The zero-order chi connectivity index (χ0) is 10.6. The summed E-state index contributed by atoms with van der Waals surface area (Å²) in [5.41, 5.74) is 5.76. The molecule has 3 N–H and O–H groups in total. The number of esters is 1. The molecule has 0 bridgehead atoms. The predicted molar refractivity (Wildman–Crippen MR) is 49.7 cm³/mol. The lowest BCUT2D eigenvalue weighted by Gasteiger charge is -2.06. The van der Waals surface area contributed by atoms with E-state index >= 15 is 0 Å². The Hall–Kier alpha value is -1.56. The van der Waals surface area contributed by atoms with Crippen molar-refractivity contribution in [3.05, 3.63) is 11.9 Å². The van der Waals surface area contributed by atoms with Crippen molar-refractivity contribution in [2.45, 2.75) is 13.5 Å². The number of imidazole rings is 1. The average molecular weight is 199 g/mol. The molecule has 1 aromatic heterocycles. The second-order valence-electron chi connectivity index (χ2n) is 2.60. The number of nitrogen functional groups attached to an aromatic ring is 1. The third-order valence-electron chi connectivity index (χ3n) is 1.69. The van der Waals surface area contributed by atoms with Gasteiger partial charge in [0.1, 0.15) is 5.69 Å². The van der Waals surface area contributed by atoms with Crippen LogP contribution in [0.25, 0.3) is 0 Å². The van der Waals surface area contributed by atoms with Crippen molar-refractivity contribution < 1.29 is 14.6 Å². The molecule has 0 spiro atoms. The Labute approximate surface area is 81.3 Å². The van der Waals surface area contributed by atoms with Gasteiger partial charge in [0.2, 0.25) is 5.95 Å². The van der Waals surface area contributed by atoms with E-state index in [1.165, 1.54) is 10.8 Å². The quantitative estimate of drug-likeness (QED) is 0.646. The number of ether oxygens (including phenoxy) is 1. The minimum atomic E-state index is -0.481. The molecule has 0 aromatic carbocycles. The number of aliphatic hydroxyl groups is 1. The molecule has 1 rings (SSSR count). The van der Waals surface area contributed by atoms with Crippen LogP contribution in [-0.4, -0.2) is 33.8 Å². The Kier molecular flexibility index (Phi) is 3.47. The van der Waals surface area contributed by atoms with E-state index in [4.69, 9.17) is 15.6 Å². The topological polar surface area (TPSA) is 90.4 Å². The van der Waals surface area contributed by atoms with Crippen LogP contribution in [0.15, 0.2) is 6.20 Å². The second kappa shape index (κ2) is 4.61. The maximum atomic E-state index is 11.3. The number of rotatable bonds is 4. The van der Waals surface area contributed by atoms with Gasteiger partial charge in [0.25, 0.3) is 0 Å². The van der Waals surface area contributed by atoms with Crippen LogP contribution in [-0.2, 0) is 11.3 Å². The Balaban J connectivity index is 2.90. The van der Waals surface area contributed by atoms with Crippen LogP contribution >= 0.6 is 0 Å². The summed E-state index contributed by atoms with van der Waals surface area (Å²) in [6, 6.07) is 0. The molecule has 14 heavy (non-hydrogen) atoms. The molecule has 0 aliphatic heterocycles. The van der Waals surface area contributed by atoms with E-state index in [0.29, 0.717) is 6.61 Å². The molecule has 0 aliphatic carbocycles. The maximum absolute atomic E-state index is 11.3. The zero-order valence-corrected chi connectivity index (χ0v) is 7.93. The van der Waals surface area contributed by atoms with Crippen molar-refractivity contribution in [2.24, 2.45) is 0 Å². The summed E-state index contributed by atoms with van der Waals surface area (Å²) >= 11 is 0. The molecule has 0 radical (unpaired) electrons. The third kappa shape index (κ3) is 2.02. The largest absolute Gasteiger partial charge is 0.461 e. The SMILES string of the molecule is CCOC(=O)c1cnc(N)n1CCO. The lowest BCUT2D eigenvalue weighted by Crippen LogP contribution is -2.15. The van der Waals surface area contributed by atoms with Crippen molar-refractivity contribution >= 4 is 11.9 Å². The van der Waals surface area contributed by atoms with Gasteiger partial charge in [0.15, 0.2) is 0 Å². The minimum absolute atomic E-state index is 0.104. The number of hydrogen-bond donors (Lipinski definition) is 2. The highest BCUT2D eigenvalue weighted by atomic mass is 16.5. The molecule has 0 unspecified atom stereocenters. The predicted octanol–water partition coefficient (Wildman–Crippen LogP) is -0.366. The molecule has 0 atom stereocenters. The monoisotopic (exact) mass is 199 g/mol. The highest BCUT2D eigenvalue weighted by molar-refractivity contribution is 5.87. The van der Waals surface area contributed by atoms with Crippen LogP contribution in [0.3, 0.4) is 0 Å². The van der Waals surface area contributed by atoms with E-state index in [2.05, 4.69) is 4.98 Å². The van der Waals surface area contributed by atoms with Crippen molar-refractivity contribution in [1.29, 1.82) is 0 Å². The fraction of sp³-hybridized carbons (Fsp3) is 0.500. The highest BCUT2D eigenvalue weighted by Crippen LogP contribution is 2.08. The number of hydrogen-bond acceptors (Lipinski definition) is 5. The summed E-state index contributed by atoms with van der Waals surface area (Å²) in [6.07, 6.45) is 1.34. The van der Waals surface area contributed by atoms with Crippen LogP contribution in [0, 0.1) is 0 Å². The van der Waals surface area contributed by atoms with Crippen molar-refractivity contribution in [1.82, 2.24) is 9.55 Å². The molecule has 0 saturated heterocycles. The molecule has 78 valence electrons. The molecule has 0 saturated carbocycles. The summed E-state index contributed by atoms with van der Waals surface area (Å²) in [4.78, 5) is 15.1. The smallest absolute Gasteiger partial charge is 0.356 e. The van der Waals surface area contributed by atoms with Crippen LogP contribution in [0.1, 0.15) is 17.4 Å². The minimum Gasteiger partial charge on any atom is -0.461 e. The van der Waals surface area contributed by atoms with Crippen molar-refractivity contribution in [2.75, 3.05) is 18.9 Å². The zero-order valence-electron chi connectivity index (χ0n) is 7.93. The van der Waals surface area contributed by atoms with Gasteiger partial charge in [-0.3, -0.25) is 0 Å². The van der Waals surface area contributed by atoms with Crippen LogP contribution in [0.2, 0.25) is 0 Å². The molecular formula is C8H13N3O3. The first-order valence-corrected chi connectivity index (χ1v) is 4.29. The highest BCUT2D eigenvalue weighted by Gasteiger charge is 2.15. The van der Waals surface area contributed by atoms with Gasteiger partial charge >= 0.3 is 5.97 Å². The van der Waals surface area contributed by atoms with E-state index < -0.39 is 5.97 Å². The number of aromatic nitrogens is 2. The van der Waals surface area contributed by atoms with Gasteiger partial charge in [0.05, 0.1) is 19.4 Å². The van der Waals surface area contributed by atoms with Gasteiger partial charge in [-0.1, -0.05) is 0 Å². The molecule has 0 aliphatic rings. The van der Waals surface area contributed by atoms with Gasteiger partial charge in [0, 0.05) is 6.54 Å². The fourth-order valence-electron chi connectivity index (χ4n) is 1.09.